The first-order valence-corrected chi connectivity index (χ1v) is 8.18. The van der Waals surface area contributed by atoms with Gasteiger partial charge < -0.3 is 4.74 Å². The summed E-state index contributed by atoms with van der Waals surface area (Å²) in [6.07, 6.45) is 3.44. The molecule has 1 spiro atoms. The van der Waals surface area contributed by atoms with Gasteiger partial charge in [-0.2, -0.15) is 17.2 Å². The predicted molar refractivity (Wildman–Crippen MR) is 61.2 cm³/mol. The maximum absolute atomic E-state index is 13.2. The number of halogens is 2. The number of esters is 1. The summed E-state index contributed by atoms with van der Waals surface area (Å²) in [6, 6.07) is 0. The van der Waals surface area contributed by atoms with Crippen molar-refractivity contribution >= 4 is 16.1 Å². The van der Waals surface area contributed by atoms with E-state index < -0.39 is 27.4 Å². The standard InChI is InChI=1S/C12H14F2O5S/c13-12(14,20(16,17)18)10(15)19-9-7-2-5-1-6-3-8(9)11(6,7)4-5/h5-9H,1-4H2,(H,16,17,18). The van der Waals surface area contributed by atoms with Crippen molar-refractivity contribution in [1.29, 1.82) is 0 Å². The number of carbonyl (C=O) groups excluding carboxylic acids is 1. The van der Waals surface area contributed by atoms with E-state index >= 15 is 0 Å². The van der Waals surface area contributed by atoms with E-state index in [0.29, 0.717) is 11.8 Å². The van der Waals surface area contributed by atoms with Crippen LogP contribution in [0.3, 0.4) is 0 Å². The number of alkyl halides is 2. The number of ether oxygens (including phenoxy) is 1. The van der Waals surface area contributed by atoms with Crippen LogP contribution < -0.4 is 0 Å². The van der Waals surface area contributed by atoms with Crippen molar-refractivity contribution < 1.29 is 31.3 Å². The van der Waals surface area contributed by atoms with E-state index in [4.69, 9.17) is 9.29 Å². The molecule has 6 unspecified atom stereocenters. The highest BCUT2D eigenvalue weighted by molar-refractivity contribution is 7.87. The Labute approximate surface area is 114 Å². The van der Waals surface area contributed by atoms with E-state index in [1.807, 2.05) is 0 Å². The van der Waals surface area contributed by atoms with Crippen molar-refractivity contribution in [3.8, 4) is 0 Å². The van der Waals surface area contributed by atoms with Crippen molar-refractivity contribution in [2.24, 2.45) is 29.1 Å². The largest absolute Gasteiger partial charge is 0.465 e. The van der Waals surface area contributed by atoms with Gasteiger partial charge in [0, 0.05) is 11.8 Å². The monoisotopic (exact) mass is 308 g/mol. The molecule has 20 heavy (non-hydrogen) atoms. The topological polar surface area (TPSA) is 80.7 Å². The highest BCUT2D eigenvalue weighted by Crippen LogP contribution is 2.81. The van der Waals surface area contributed by atoms with Crippen molar-refractivity contribution in [2.75, 3.05) is 0 Å². The SMILES string of the molecule is O=C(OC1C2CC3CC4CC1C42C3)C(F)(F)S(=O)(=O)O. The van der Waals surface area contributed by atoms with Gasteiger partial charge in [-0.1, -0.05) is 0 Å². The molecule has 0 saturated heterocycles. The lowest BCUT2D eigenvalue weighted by atomic mass is 9.37. The Hall–Kier alpha value is -0.760. The van der Waals surface area contributed by atoms with Crippen molar-refractivity contribution in [3.63, 3.8) is 0 Å². The van der Waals surface area contributed by atoms with E-state index in [1.54, 1.807) is 0 Å². The zero-order chi connectivity index (χ0) is 14.5. The van der Waals surface area contributed by atoms with Gasteiger partial charge >= 0.3 is 21.3 Å². The molecule has 8 heteroatoms. The van der Waals surface area contributed by atoms with Crippen LogP contribution in [0.15, 0.2) is 0 Å². The fraction of sp³-hybridized carbons (Fsp3) is 0.917. The number of hydrogen-bond donors (Lipinski definition) is 1. The maximum Gasteiger partial charge on any atom is 0.465 e. The van der Waals surface area contributed by atoms with Crippen molar-refractivity contribution in [3.05, 3.63) is 0 Å². The third kappa shape index (κ3) is 1.21. The zero-order valence-electron chi connectivity index (χ0n) is 10.5. The molecule has 112 valence electrons. The second-order valence-electron chi connectivity index (χ2n) is 6.66. The average Bonchev–Trinajstić information content (AvgIpc) is 2.81. The van der Waals surface area contributed by atoms with Gasteiger partial charge in [-0.3, -0.25) is 4.55 Å². The summed E-state index contributed by atoms with van der Waals surface area (Å²) in [4.78, 5) is 11.4. The lowest BCUT2D eigenvalue weighted by Crippen LogP contribution is -2.70. The van der Waals surface area contributed by atoms with Crippen LogP contribution in [-0.4, -0.2) is 30.3 Å². The van der Waals surface area contributed by atoms with Crippen molar-refractivity contribution in [1.82, 2.24) is 0 Å². The lowest BCUT2D eigenvalue weighted by Gasteiger charge is -2.69. The first-order chi connectivity index (χ1) is 9.18. The van der Waals surface area contributed by atoms with Gasteiger partial charge in [-0.15, -0.1) is 0 Å². The third-order valence-corrected chi connectivity index (χ3v) is 6.94. The molecule has 0 aliphatic heterocycles. The van der Waals surface area contributed by atoms with Crippen LogP contribution in [0.4, 0.5) is 8.78 Å². The van der Waals surface area contributed by atoms with Gasteiger partial charge in [-0.05, 0) is 42.9 Å². The third-order valence-electron chi connectivity index (χ3n) is 6.12. The normalized spacial score (nSPS) is 48.2. The Bertz CT molecular complexity index is 603. The molecule has 6 atom stereocenters. The van der Waals surface area contributed by atoms with Crippen LogP contribution in [0.2, 0.25) is 0 Å². The molecule has 4 fully saturated rings. The molecular weight excluding hydrogens is 294 g/mol. The fourth-order valence-electron chi connectivity index (χ4n) is 5.50. The highest BCUT2D eigenvalue weighted by Gasteiger charge is 2.79. The van der Waals surface area contributed by atoms with Crippen LogP contribution in [0.5, 0.6) is 0 Å². The maximum atomic E-state index is 13.2. The second-order valence-corrected chi connectivity index (χ2v) is 8.12. The number of hydrogen-bond acceptors (Lipinski definition) is 4. The predicted octanol–water partition coefficient (Wildman–Crippen LogP) is 1.44. The number of rotatable bonds is 3. The summed E-state index contributed by atoms with van der Waals surface area (Å²) >= 11 is 0. The fourth-order valence-corrected chi connectivity index (χ4v) is 5.76. The summed E-state index contributed by atoms with van der Waals surface area (Å²) < 4.78 is 60.6. The Balaban J connectivity index is 1.51. The summed E-state index contributed by atoms with van der Waals surface area (Å²) in [7, 11) is -5.78. The van der Waals surface area contributed by atoms with E-state index in [-0.39, 0.29) is 17.3 Å². The molecule has 4 aliphatic carbocycles. The van der Waals surface area contributed by atoms with Crippen LogP contribution in [0.25, 0.3) is 0 Å². The van der Waals surface area contributed by atoms with Gasteiger partial charge in [0.15, 0.2) is 0 Å². The summed E-state index contributed by atoms with van der Waals surface area (Å²) in [5, 5.41) is -4.88. The lowest BCUT2D eigenvalue weighted by molar-refractivity contribution is -0.272. The smallest absolute Gasteiger partial charge is 0.456 e. The molecule has 4 saturated carbocycles. The highest BCUT2D eigenvalue weighted by atomic mass is 32.2. The van der Waals surface area contributed by atoms with Gasteiger partial charge in [0.2, 0.25) is 0 Å². The molecule has 0 aromatic heterocycles. The molecule has 5 nitrogen and oxygen atoms in total. The van der Waals surface area contributed by atoms with Crippen molar-refractivity contribution in [2.45, 2.75) is 37.0 Å². The Morgan fingerprint density at radius 3 is 2.50 bits per heavy atom. The Morgan fingerprint density at radius 2 is 1.90 bits per heavy atom. The van der Waals surface area contributed by atoms with E-state index in [0.717, 1.165) is 19.3 Å². The second kappa shape index (κ2) is 3.35. The van der Waals surface area contributed by atoms with E-state index in [2.05, 4.69) is 0 Å². The number of fused-ring (bicyclic) bond motifs is 1. The summed E-state index contributed by atoms with van der Waals surface area (Å²) in [5.74, 6) is -0.711. The molecule has 4 rings (SSSR count). The van der Waals surface area contributed by atoms with Crippen LogP contribution in [-0.2, 0) is 19.6 Å². The first kappa shape index (κ1) is 12.9. The minimum absolute atomic E-state index is 0.103. The number of carbonyl (C=O) groups is 1. The molecular formula is C12H14F2O5S. The Kier molecular flexibility index (Phi) is 2.17. The van der Waals surface area contributed by atoms with Crippen LogP contribution >= 0.6 is 0 Å². The summed E-state index contributed by atoms with van der Waals surface area (Å²) in [5.41, 5.74) is 0.184. The van der Waals surface area contributed by atoms with Gasteiger partial charge in [0.05, 0.1) is 0 Å². The average molecular weight is 308 g/mol. The van der Waals surface area contributed by atoms with Crippen LogP contribution in [0.1, 0.15) is 25.7 Å². The molecule has 0 amide bonds. The summed E-state index contributed by atoms with van der Waals surface area (Å²) in [6.45, 7) is 0. The molecule has 0 radical (unpaired) electrons. The quantitative estimate of drug-likeness (QED) is 0.630. The van der Waals surface area contributed by atoms with Crippen LogP contribution in [0, 0.1) is 29.1 Å². The first-order valence-electron chi connectivity index (χ1n) is 6.74. The van der Waals surface area contributed by atoms with Gasteiger partial charge in [-0.25, -0.2) is 4.79 Å². The molecule has 0 heterocycles. The van der Waals surface area contributed by atoms with E-state index in [9.17, 15) is 22.0 Å². The molecule has 1 N–H and O–H groups in total. The molecule has 0 aromatic rings. The van der Waals surface area contributed by atoms with Gasteiger partial charge in [0.25, 0.3) is 0 Å². The van der Waals surface area contributed by atoms with E-state index in [1.165, 1.54) is 6.42 Å². The van der Waals surface area contributed by atoms with Gasteiger partial charge in [0.1, 0.15) is 6.10 Å². The molecule has 0 aromatic carbocycles. The minimum atomic E-state index is -5.78. The molecule has 4 aliphatic rings. The molecule has 2 bridgehead atoms. The minimum Gasteiger partial charge on any atom is -0.456 e. The zero-order valence-corrected chi connectivity index (χ0v) is 11.3. The Morgan fingerprint density at radius 1 is 1.25 bits per heavy atom.